The molecule has 0 fully saturated rings. The van der Waals surface area contributed by atoms with Gasteiger partial charge < -0.3 is 5.01 Å². The maximum atomic E-state index is 13.1. The summed E-state index contributed by atoms with van der Waals surface area (Å²) in [6.07, 6.45) is 7.47. The summed E-state index contributed by atoms with van der Waals surface area (Å²) in [6.45, 7) is 9.88. The first-order valence-corrected chi connectivity index (χ1v) is 8.64. The van der Waals surface area contributed by atoms with Crippen molar-refractivity contribution < 1.29 is 4.39 Å². The molecule has 0 unspecified atom stereocenters. The van der Waals surface area contributed by atoms with E-state index in [0.717, 1.165) is 37.0 Å². The maximum absolute atomic E-state index is 13.1. The van der Waals surface area contributed by atoms with Gasteiger partial charge in [-0.25, -0.2) is 4.39 Å². The summed E-state index contributed by atoms with van der Waals surface area (Å²) in [6, 6.07) is 8.82. The highest BCUT2D eigenvalue weighted by Gasteiger charge is 2.15. The van der Waals surface area contributed by atoms with Gasteiger partial charge in [0, 0.05) is 30.4 Å². The Morgan fingerprint density at radius 3 is 2.64 bits per heavy atom. The highest BCUT2D eigenvalue weighted by atomic mass is 19.1. The quantitative estimate of drug-likeness (QED) is 0.590. The van der Waals surface area contributed by atoms with Crippen LogP contribution in [0.25, 0.3) is 10.9 Å². The molecule has 0 aliphatic rings. The largest absolute Gasteiger partial charge is 0.312 e. The Kier molecular flexibility index (Phi) is 5.17. The van der Waals surface area contributed by atoms with Crippen LogP contribution in [0.1, 0.15) is 23.2 Å². The lowest BCUT2D eigenvalue weighted by molar-refractivity contribution is 0.587. The Morgan fingerprint density at radius 1 is 1.16 bits per heavy atom. The molecule has 1 aromatic carbocycles. The van der Waals surface area contributed by atoms with Crippen LogP contribution in [0.2, 0.25) is 0 Å². The standard InChI is InChI=1S/C21H24FN3/c1-4-5-13-24(14-11-18-6-8-19(22)9-7-18)25-17(3)16(2)20-10-12-23-15-21(20)25/h4,6-10,12,15H,1,5,11,13-14H2,2-3H3. The molecule has 0 saturated carbocycles. The molecule has 2 heterocycles. The SMILES string of the molecule is C=CCCN(CCc1ccc(F)cc1)n1c(C)c(C)c2ccncc21. The second kappa shape index (κ2) is 7.51. The Balaban J connectivity index is 1.91. The molecular formula is C21H24FN3. The van der Waals surface area contributed by atoms with Crippen LogP contribution in [0.15, 0.2) is 55.4 Å². The summed E-state index contributed by atoms with van der Waals surface area (Å²) in [5.41, 5.74) is 4.77. The molecule has 0 spiro atoms. The summed E-state index contributed by atoms with van der Waals surface area (Å²) in [5.74, 6) is -0.193. The van der Waals surface area contributed by atoms with Crippen molar-refractivity contribution >= 4 is 10.9 Å². The third kappa shape index (κ3) is 3.58. The van der Waals surface area contributed by atoms with Gasteiger partial charge in [-0.1, -0.05) is 18.2 Å². The van der Waals surface area contributed by atoms with Gasteiger partial charge in [0.15, 0.2) is 0 Å². The van der Waals surface area contributed by atoms with Crippen molar-refractivity contribution in [3.8, 4) is 0 Å². The van der Waals surface area contributed by atoms with Gasteiger partial charge in [0.25, 0.3) is 0 Å². The molecule has 3 nitrogen and oxygen atoms in total. The number of benzene rings is 1. The van der Waals surface area contributed by atoms with Crippen molar-refractivity contribution in [2.24, 2.45) is 0 Å². The van der Waals surface area contributed by atoms with Crippen molar-refractivity contribution in [3.63, 3.8) is 0 Å². The lowest BCUT2D eigenvalue weighted by Crippen LogP contribution is -2.38. The monoisotopic (exact) mass is 337 g/mol. The minimum absolute atomic E-state index is 0.193. The number of nitrogens with zero attached hydrogens (tertiary/aromatic N) is 3. The van der Waals surface area contributed by atoms with Gasteiger partial charge in [0.05, 0.1) is 11.7 Å². The van der Waals surface area contributed by atoms with Crippen LogP contribution in [0.5, 0.6) is 0 Å². The Hall–Kier alpha value is -2.62. The molecular weight excluding hydrogens is 313 g/mol. The summed E-state index contributed by atoms with van der Waals surface area (Å²) in [7, 11) is 0. The molecule has 3 aromatic rings. The van der Waals surface area contributed by atoms with Crippen LogP contribution in [0, 0.1) is 19.7 Å². The number of fused-ring (bicyclic) bond motifs is 1. The fourth-order valence-corrected chi connectivity index (χ4v) is 3.23. The average molecular weight is 337 g/mol. The number of aromatic nitrogens is 2. The summed E-state index contributed by atoms with van der Waals surface area (Å²) in [5, 5.41) is 3.56. The molecule has 0 radical (unpaired) electrons. The van der Waals surface area contributed by atoms with Gasteiger partial charge in [-0.2, -0.15) is 0 Å². The first-order valence-electron chi connectivity index (χ1n) is 8.64. The summed E-state index contributed by atoms with van der Waals surface area (Å²) in [4.78, 5) is 4.31. The minimum atomic E-state index is -0.193. The molecule has 0 atom stereocenters. The highest BCUT2D eigenvalue weighted by Crippen LogP contribution is 2.24. The maximum Gasteiger partial charge on any atom is 0.123 e. The molecule has 0 amide bonds. The number of hydrogen-bond acceptors (Lipinski definition) is 2. The second-order valence-electron chi connectivity index (χ2n) is 6.32. The Bertz CT molecular complexity index is 865. The Labute approximate surface area is 148 Å². The van der Waals surface area contributed by atoms with Crippen molar-refractivity contribution in [2.45, 2.75) is 26.7 Å². The Morgan fingerprint density at radius 2 is 1.92 bits per heavy atom. The van der Waals surface area contributed by atoms with Gasteiger partial charge >= 0.3 is 0 Å². The van der Waals surface area contributed by atoms with E-state index in [4.69, 9.17) is 0 Å². The average Bonchev–Trinajstić information content (AvgIpc) is 2.88. The van der Waals surface area contributed by atoms with Crippen molar-refractivity contribution in [3.05, 3.63) is 78.0 Å². The third-order valence-corrected chi connectivity index (χ3v) is 4.74. The van der Waals surface area contributed by atoms with E-state index in [1.807, 2.05) is 30.6 Å². The van der Waals surface area contributed by atoms with Gasteiger partial charge in [0.2, 0.25) is 0 Å². The van der Waals surface area contributed by atoms with Gasteiger partial charge in [-0.3, -0.25) is 9.66 Å². The van der Waals surface area contributed by atoms with E-state index >= 15 is 0 Å². The fraction of sp³-hybridized carbons (Fsp3) is 0.286. The molecule has 2 aromatic heterocycles. The normalized spacial score (nSPS) is 11.0. The van der Waals surface area contributed by atoms with Crippen molar-refractivity contribution in [1.29, 1.82) is 0 Å². The van der Waals surface area contributed by atoms with Crippen LogP contribution >= 0.6 is 0 Å². The zero-order valence-corrected chi connectivity index (χ0v) is 14.9. The lowest BCUT2D eigenvalue weighted by atomic mass is 10.1. The van der Waals surface area contributed by atoms with E-state index in [-0.39, 0.29) is 5.82 Å². The predicted molar refractivity (Wildman–Crippen MR) is 102 cm³/mol. The number of halogens is 1. The fourth-order valence-electron chi connectivity index (χ4n) is 3.23. The first-order chi connectivity index (χ1) is 12.1. The van der Waals surface area contributed by atoms with Crippen LogP contribution < -0.4 is 5.01 Å². The minimum Gasteiger partial charge on any atom is -0.312 e. The molecule has 3 rings (SSSR count). The molecule has 130 valence electrons. The number of hydrogen-bond donors (Lipinski definition) is 0. The van der Waals surface area contributed by atoms with Crippen molar-refractivity contribution in [2.75, 3.05) is 18.1 Å². The van der Waals surface area contributed by atoms with Gasteiger partial charge in [0.1, 0.15) is 5.82 Å². The zero-order valence-electron chi connectivity index (χ0n) is 14.9. The molecule has 4 heteroatoms. The second-order valence-corrected chi connectivity index (χ2v) is 6.32. The van der Waals surface area contributed by atoms with E-state index in [1.54, 1.807) is 0 Å². The summed E-state index contributed by atoms with van der Waals surface area (Å²) >= 11 is 0. The van der Waals surface area contributed by atoms with Crippen molar-refractivity contribution in [1.82, 2.24) is 9.66 Å². The van der Waals surface area contributed by atoms with Crippen LogP contribution in [0.3, 0.4) is 0 Å². The summed E-state index contributed by atoms with van der Waals surface area (Å²) < 4.78 is 15.4. The first kappa shape index (κ1) is 17.2. The van der Waals surface area contributed by atoms with Gasteiger partial charge in [-0.05, 0) is 56.0 Å². The van der Waals surface area contributed by atoms with Gasteiger partial charge in [-0.15, -0.1) is 6.58 Å². The van der Waals surface area contributed by atoms with E-state index in [0.29, 0.717) is 0 Å². The van der Waals surface area contributed by atoms with E-state index in [1.165, 1.54) is 28.8 Å². The van der Waals surface area contributed by atoms with Crippen LogP contribution in [-0.2, 0) is 6.42 Å². The van der Waals surface area contributed by atoms with E-state index in [2.05, 4.69) is 41.2 Å². The smallest absolute Gasteiger partial charge is 0.123 e. The topological polar surface area (TPSA) is 21.1 Å². The molecule has 0 bridgehead atoms. The third-order valence-electron chi connectivity index (χ3n) is 4.74. The predicted octanol–water partition coefficient (Wildman–Crippen LogP) is 4.55. The number of aryl methyl sites for hydroxylation is 1. The molecule has 0 aliphatic heterocycles. The van der Waals surface area contributed by atoms with Crippen LogP contribution in [0.4, 0.5) is 4.39 Å². The number of rotatable bonds is 7. The zero-order chi connectivity index (χ0) is 17.8. The number of pyridine rings is 1. The molecule has 0 aliphatic carbocycles. The van der Waals surface area contributed by atoms with Crippen LogP contribution in [-0.4, -0.2) is 22.7 Å². The van der Waals surface area contributed by atoms with E-state index in [9.17, 15) is 4.39 Å². The highest BCUT2D eigenvalue weighted by molar-refractivity contribution is 5.84. The lowest BCUT2D eigenvalue weighted by Gasteiger charge is -2.28. The molecule has 25 heavy (non-hydrogen) atoms. The molecule has 0 N–H and O–H groups in total. The van der Waals surface area contributed by atoms with E-state index < -0.39 is 0 Å². The molecule has 0 saturated heterocycles.